The van der Waals surface area contributed by atoms with Gasteiger partial charge in [-0.1, -0.05) is 31.0 Å². The number of methoxy groups -OCH3 is 1. The highest BCUT2D eigenvalue weighted by Crippen LogP contribution is 2.26. The van der Waals surface area contributed by atoms with E-state index in [1.807, 2.05) is 24.6 Å². The molecule has 7 nitrogen and oxygen atoms in total. The van der Waals surface area contributed by atoms with Gasteiger partial charge in [-0.25, -0.2) is 4.99 Å². The Morgan fingerprint density at radius 2 is 2.04 bits per heavy atom. The van der Waals surface area contributed by atoms with Crippen molar-refractivity contribution in [2.45, 2.75) is 53.1 Å². The SMILES string of the molecule is CCCCNC(=NCc1nnc(C)n1C)NC(C)c1cc(C)ccc1OC.I. The maximum absolute atomic E-state index is 5.53. The fourth-order valence-electron chi connectivity index (χ4n) is 2.75. The van der Waals surface area contributed by atoms with Gasteiger partial charge in [0.15, 0.2) is 11.8 Å². The molecule has 0 amide bonds. The van der Waals surface area contributed by atoms with Crippen LogP contribution in [0.15, 0.2) is 23.2 Å². The van der Waals surface area contributed by atoms with Gasteiger partial charge in [0.1, 0.15) is 18.1 Å². The topological polar surface area (TPSA) is 76.4 Å². The van der Waals surface area contributed by atoms with Crippen molar-refractivity contribution in [2.75, 3.05) is 13.7 Å². The summed E-state index contributed by atoms with van der Waals surface area (Å²) in [6.45, 7) is 9.65. The number of nitrogens with zero attached hydrogens (tertiary/aromatic N) is 4. The molecule has 0 aliphatic carbocycles. The van der Waals surface area contributed by atoms with Crippen LogP contribution in [-0.2, 0) is 13.6 Å². The van der Waals surface area contributed by atoms with Gasteiger partial charge in [0.2, 0.25) is 0 Å². The monoisotopic (exact) mass is 500 g/mol. The smallest absolute Gasteiger partial charge is 0.192 e. The van der Waals surface area contributed by atoms with E-state index in [0.717, 1.165) is 48.3 Å². The second kappa shape index (κ2) is 11.9. The fraction of sp³-hybridized carbons (Fsp3) is 0.550. The van der Waals surface area contributed by atoms with Gasteiger partial charge in [-0.2, -0.15) is 0 Å². The van der Waals surface area contributed by atoms with E-state index in [-0.39, 0.29) is 30.0 Å². The van der Waals surface area contributed by atoms with Crippen molar-refractivity contribution >= 4 is 29.9 Å². The second-order valence-electron chi connectivity index (χ2n) is 6.78. The van der Waals surface area contributed by atoms with E-state index in [1.54, 1.807) is 7.11 Å². The van der Waals surface area contributed by atoms with Crippen molar-refractivity contribution in [1.82, 2.24) is 25.4 Å². The Bertz CT molecular complexity index is 774. The molecule has 28 heavy (non-hydrogen) atoms. The van der Waals surface area contributed by atoms with E-state index in [4.69, 9.17) is 9.73 Å². The zero-order valence-electron chi connectivity index (χ0n) is 17.7. The zero-order valence-corrected chi connectivity index (χ0v) is 20.1. The quantitative estimate of drug-likeness (QED) is 0.251. The van der Waals surface area contributed by atoms with E-state index in [0.29, 0.717) is 6.54 Å². The minimum Gasteiger partial charge on any atom is -0.496 e. The molecule has 0 radical (unpaired) electrons. The number of rotatable bonds is 8. The first-order valence-electron chi connectivity index (χ1n) is 9.50. The van der Waals surface area contributed by atoms with Gasteiger partial charge >= 0.3 is 0 Å². The highest BCUT2D eigenvalue weighted by Gasteiger charge is 2.14. The van der Waals surface area contributed by atoms with Crippen molar-refractivity contribution < 1.29 is 4.74 Å². The Labute approximate surface area is 185 Å². The molecule has 1 unspecified atom stereocenters. The fourth-order valence-corrected chi connectivity index (χ4v) is 2.75. The number of aryl methyl sites for hydroxylation is 2. The van der Waals surface area contributed by atoms with Crippen LogP contribution in [0, 0.1) is 13.8 Å². The molecule has 1 heterocycles. The molecule has 1 aromatic heterocycles. The molecular formula is C20H33IN6O. The number of nitrogens with one attached hydrogen (secondary N) is 2. The Morgan fingerprint density at radius 3 is 2.64 bits per heavy atom. The molecule has 0 saturated carbocycles. The predicted molar refractivity (Wildman–Crippen MR) is 124 cm³/mol. The van der Waals surface area contributed by atoms with Crippen LogP contribution in [0.1, 0.15) is 55.5 Å². The predicted octanol–water partition coefficient (Wildman–Crippen LogP) is 3.66. The Morgan fingerprint density at radius 1 is 1.29 bits per heavy atom. The normalized spacial score (nSPS) is 12.3. The van der Waals surface area contributed by atoms with Crippen molar-refractivity contribution in [1.29, 1.82) is 0 Å². The molecule has 0 bridgehead atoms. The van der Waals surface area contributed by atoms with Gasteiger partial charge in [0, 0.05) is 19.2 Å². The number of unbranched alkanes of at least 4 members (excludes halogenated alkanes) is 1. The lowest BCUT2D eigenvalue weighted by Gasteiger charge is -2.21. The summed E-state index contributed by atoms with van der Waals surface area (Å²) in [5.41, 5.74) is 2.31. The van der Waals surface area contributed by atoms with E-state index in [2.05, 4.69) is 53.7 Å². The average Bonchev–Trinajstić information content (AvgIpc) is 2.98. The summed E-state index contributed by atoms with van der Waals surface area (Å²) < 4.78 is 7.49. The third-order valence-corrected chi connectivity index (χ3v) is 4.59. The van der Waals surface area contributed by atoms with Gasteiger partial charge in [-0.05, 0) is 33.3 Å². The third kappa shape index (κ3) is 6.65. The molecule has 0 aliphatic rings. The van der Waals surface area contributed by atoms with Crippen molar-refractivity contribution in [3.8, 4) is 5.75 Å². The lowest BCUT2D eigenvalue weighted by Crippen LogP contribution is -2.39. The number of hydrogen-bond donors (Lipinski definition) is 2. The highest BCUT2D eigenvalue weighted by molar-refractivity contribution is 14.0. The number of guanidine groups is 1. The summed E-state index contributed by atoms with van der Waals surface area (Å²) in [6.07, 6.45) is 2.22. The molecule has 2 N–H and O–H groups in total. The van der Waals surface area contributed by atoms with E-state index >= 15 is 0 Å². The number of hydrogen-bond acceptors (Lipinski definition) is 4. The Balaban J connectivity index is 0.00000392. The number of aliphatic imine (C=N–C) groups is 1. The van der Waals surface area contributed by atoms with E-state index in [9.17, 15) is 0 Å². The lowest BCUT2D eigenvalue weighted by atomic mass is 10.0. The lowest BCUT2D eigenvalue weighted by molar-refractivity contribution is 0.405. The summed E-state index contributed by atoms with van der Waals surface area (Å²) in [6, 6.07) is 6.26. The summed E-state index contributed by atoms with van der Waals surface area (Å²) in [7, 11) is 3.66. The van der Waals surface area contributed by atoms with Gasteiger partial charge in [-0.15, -0.1) is 34.2 Å². The summed E-state index contributed by atoms with van der Waals surface area (Å²) >= 11 is 0. The largest absolute Gasteiger partial charge is 0.496 e. The molecule has 156 valence electrons. The van der Waals surface area contributed by atoms with Crippen molar-refractivity contribution in [2.24, 2.45) is 12.0 Å². The molecule has 0 spiro atoms. The van der Waals surface area contributed by atoms with E-state index < -0.39 is 0 Å². The standard InChI is InChI=1S/C20H32N6O.HI/c1-7-8-11-21-20(22-13-19-25-24-16(4)26(19)5)23-15(3)17-12-14(2)9-10-18(17)27-6;/h9-10,12,15H,7-8,11,13H2,1-6H3,(H2,21,22,23);1H. The Hall–Kier alpha value is -1.84. The minimum absolute atomic E-state index is 0. The van der Waals surface area contributed by atoms with Crippen LogP contribution in [-0.4, -0.2) is 34.4 Å². The van der Waals surface area contributed by atoms with Crippen LogP contribution in [0.3, 0.4) is 0 Å². The number of halogens is 1. The van der Waals surface area contributed by atoms with Gasteiger partial charge in [0.05, 0.1) is 13.2 Å². The summed E-state index contributed by atoms with van der Waals surface area (Å²) in [5, 5.41) is 15.2. The molecule has 0 aliphatic heterocycles. The minimum atomic E-state index is 0. The maximum Gasteiger partial charge on any atom is 0.192 e. The summed E-state index contributed by atoms with van der Waals surface area (Å²) in [4.78, 5) is 4.71. The molecule has 2 aromatic rings. The average molecular weight is 500 g/mol. The first kappa shape index (κ1) is 24.2. The first-order valence-corrected chi connectivity index (χ1v) is 9.50. The molecule has 2 rings (SSSR count). The molecule has 1 aromatic carbocycles. The van der Waals surface area contributed by atoms with Crippen LogP contribution >= 0.6 is 24.0 Å². The van der Waals surface area contributed by atoms with E-state index in [1.165, 1.54) is 5.56 Å². The maximum atomic E-state index is 5.53. The molecule has 0 saturated heterocycles. The molecule has 8 heteroatoms. The highest BCUT2D eigenvalue weighted by atomic mass is 127. The number of benzene rings is 1. The van der Waals surface area contributed by atoms with Gasteiger partial charge in [-0.3, -0.25) is 0 Å². The third-order valence-electron chi connectivity index (χ3n) is 4.59. The summed E-state index contributed by atoms with van der Waals surface area (Å²) in [5.74, 6) is 3.36. The van der Waals surface area contributed by atoms with Gasteiger partial charge in [0.25, 0.3) is 0 Å². The second-order valence-corrected chi connectivity index (χ2v) is 6.78. The van der Waals surface area contributed by atoms with Crippen molar-refractivity contribution in [3.63, 3.8) is 0 Å². The number of aromatic nitrogens is 3. The molecule has 1 atom stereocenters. The van der Waals surface area contributed by atoms with Crippen LogP contribution in [0.5, 0.6) is 5.75 Å². The zero-order chi connectivity index (χ0) is 19.8. The molecule has 0 fully saturated rings. The van der Waals surface area contributed by atoms with Gasteiger partial charge < -0.3 is 19.9 Å². The van der Waals surface area contributed by atoms with Crippen LogP contribution in [0.25, 0.3) is 0 Å². The number of ether oxygens (including phenoxy) is 1. The van der Waals surface area contributed by atoms with Crippen LogP contribution in [0.4, 0.5) is 0 Å². The van der Waals surface area contributed by atoms with Crippen LogP contribution < -0.4 is 15.4 Å². The molecular weight excluding hydrogens is 467 g/mol. The van der Waals surface area contributed by atoms with Crippen LogP contribution in [0.2, 0.25) is 0 Å². The Kier molecular flexibility index (Phi) is 10.3. The van der Waals surface area contributed by atoms with Crippen molar-refractivity contribution in [3.05, 3.63) is 41.0 Å². The first-order chi connectivity index (χ1) is 13.0.